The summed E-state index contributed by atoms with van der Waals surface area (Å²) in [5.74, 6) is -0.0810. The molecular weight excluding hydrogens is 266 g/mol. The fourth-order valence-corrected chi connectivity index (χ4v) is 2.33. The van der Waals surface area contributed by atoms with Crippen LogP contribution >= 0.6 is 0 Å². The van der Waals surface area contributed by atoms with Crippen molar-refractivity contribution in [2.45, 2.75) is 26.7 Å². The molecule has 1 N–H and O–H groups in total. The minimum absolute atomic E-state index is 0.0810. The number of rotatable bonds is 6. The van der Waals surface area contributed by atoms with E-state index in [1.165, 1.54) is 0 Å². The smallest absolute Gasteiger partial charge is 0.325 e. The zero-order valence-corrected chi connectivity index (χ0v) is 12.8. The topological polar surface area (TPSA) is 52.7 Å². The second kappa shape index (κ2) is 7.11. The standard InChI is InChI=1S/C16H23N3O2/c1-3-4-9-17-15(20)12-18-10-11-19(16(18)21)14-7-5-13(2)6-8-14/h5-8H,3-4,9-12H2,1-2H3,(H,17,20). The van der Waals surface area contributed by atoms with Gasteiger partial charge in [-0.2, -0.15) is 0 Å². The van der Waals surface area contributed by atoms with Crippen molar-refractivity contribution in [1.82, 2.24) is 10.2 Å². The van der Waals surface area contributed by atoms with Crippen LogP contribution in [-0.2, 0) is 4.79 Å². The van der Waals surface area contributed by atoms with Crippen LogP contribution in [0.1, 0.15) is 25.3 Å². The molecule has 1 aliphatic heterocycles. The molecule has 0 spiro atoms. The number of benzene rings is 1. The molecule has 5 nitrogen and oxygen atoms in total. The van der Waals surface area contributed by atoms with E-state index in [1.807, 2.05) is 31.2 Å². The van der Waals surface area contributed by atoms with Crippen LogP contribution in [0.15, 0.2) is 24.3 Å². The molecule has 2 rings (SSSR count). The monoisotopic (exact) mass is 289 g/mol. The molecule has 0 aromatic heterocycles. The minimum atomic E-state index is -0.0931. The van der Waals surface area contributed by atoms with Gasteiger partial charge in [-0.1, -0.05) is 31.0 Å². The van der Waals surface area contributed by atoms with E-state index in [4.69, 9.17) is 0 Å². The van der Waals surface area contributed by atoms with Crippen LogP contribution in [0.25, 0.3) is 0 Å². The average Bonchev–Trinajstić information content (AvgIpc) is 2.82. The van der Waals surface area contributed by atoms with Gasteiger partial charge in [0, 0.05) is 25.3 Å². The maximum absolute atomic E-state index is 12.3. The molecule has 1 saturated heterocycles. The Hall–Kier alpha value is -2.04. The van der Waals surface area contributed by atoms with Crippen molar-refractivity contribution in [2.24, 2.45) is 0 Å². The van der Waals surface area contributed by atoms with Crippen molar-refractivity contribution in [3.8, 4) is 0 Å². The van der Waals surface area contributed by atoms with Gasteiger partial charge in [0.2, 0.25) is 5.91 Å². The summed E-state index contributed by atoms with van der Waals surface area (Å²) in [5.41, 5.74) is 2.05. The van der Waals surface area contributed by atoms with Crippen molar-refractivity contribution >= 4 is 17.6 Å². The third kappa shape index (κ3) is 3.97. The van der Waals surface area contributed by atoms with Gasteiger partial charge in [-0.3, -0.25) is 9.69 Å². The molecule has 1 aromatic carbocycles. The van der Waals surface area contributed by atoms with Crippen LogP contribution in [0.3, 0.4) is 0 Å². The number of urea groups is 1. The Morgan fingerprint density at radius 3 is 2.62 bits per heavy atom. The number of nitrogens with zero attached hydrogens (tertiary/aromatic N) is 2. The molecular formula is C16H23N3O2. The van der Waals surface area contributed by atoms with E-state index in [9.17, 15) is 9.59 Å². The molecule has 3 amide bonds. The van der Waals surface area contributed by atoms with Gasteiger partial charge >= 0.3 is 6.03 Å². The first kappa shape index (κ1) is 15.4. The average molecular weight is 289 g/mol. The molecule has 1 fully saturated rings. The van der Waals surface area contributed by atoms with E-state index >= 15 is 0 Å². The van der Waals surface area contributed by atoms with Crippen molar-refractivity contribution in [3.63, 3.8) is 0 Å². The molecule has 1 heterocycles. The van der Waals surface area contributed by atoms with Crippen LogP contribution < -0.4 is 10.2 Å². The molecule has 0 aliphatic carbocycles. The molecule has 21 heavy (non-hydrogen) atoms. The second-order valence-corrected chi connectivity index (χ2v) is 5.39. The molecule has 1 aliphatic rings. The predicted octanol–water partition coefficient (Wildman–Crippen LogP) is 2.15. The van der Waals surface area contributed by atoms with Crippen molar-refractivity contribution < 1.29 is 9.59 Å². The van der Waals surface area contributed by atoms with E-state index in [2.05, 4.69) is 12.2 Å². The zero-order chi connectivity index (χ0) is 15.2. The van der Waals surface area contributed by atoms with E-state index < -0.39 is 0 Å². The molecule has 0 saturated carbocycles. The van der Waals surface area contributed by atoms with E-state index in [0.29, 0.717) is 19.6 Å². The summed E-state index contributed by atoms with van der Waals surface area (Å²) >= 11 is 0. The summed E-state index contributed by atoms with van der Waals surface area (Å²) in [7, 11) is 0. The third-order valence-corrected chi connectivity index (χ3v) is 3.63. The van der Waals surface area contributed by atoms with Crippen molar-refractivity contribution in [3.05, 3.63) is 29.8 Å². The Kier molecular flexibility index (Phi) is 5.20. The summed E-state index contributed by atoms with van der Waals surface area (Å²) in [4.78, 5) is 27.4. The highest BCUT2D eigenvalue weighted by Gasteiger charge is 2.30. The fraction of sp³-hybridized carbons (Fsp3) is 0.500. The lowest BCUT2D eigenvalue weighted by Crippen LogP contribution is -2.40. The highest BCUT2D eigenvalue weighted by molar-refractivity contribution is 5.96. The van der Waals surface area contributed by atoms with E-state index in [0.717, 1.165) is 24.1 Å². The lowest BCUT2D eigenvalue weighted by Gasteiger charge is -2.18. The Balaban J connectivity index is 1.89. The Bertz CT molecular complexity index is 499. The summed E-state index contributed by atoms with van der Waals surface area (Å²) in [5, 5.41) is 2.84. The fourth-order valence-electron chi connectivity index (χ4n) is 2.33. The number of carbonyl (C=O) groups is 2. The number of nitrogens with one attached hydrogen (secondary N) is 1. The molecule has 5 heteroatoms. The highest BCUT2D eigenvalue weighted by atomic mass is 16.2. The Morgan fingerprint density at radius 2 is 1.95 bits per heavy atom. The summed E-state index contributed by atoms with van der Waals surface area (Å²) < 4.78 is 0. The normalized spacial score (nSPS) is 14.7. The predicted molar refractivity (Wildman–Crippen MR) is 83.4 cm³/mol. The first-order valence-corrected chi connectivity index (χ1v) is 7.51. The largest absolute Gasteiger partial charge is 0.355 e. The highest BCUT2D eigenvalue weighted by Crippen LogP contribution is 2.20. The molecule has 114 valence electrons. The number of hydrogen-bond acceptors (Lipinski definition) is 2. The van der Waals surface area contributed by atoms with Gasteiger partial charge in [-0.15, -0.1) is 0 Å². The first-order valence-electron chi connectivity index (χ1n) is 7.51. The number of aryl methyl sites for hydroxylation is 1. The molecule has 1 aromatic rings. The van der Waals surface area contributed by atoms with Gasteiger partial charge in [-0.25, -0.2) is 4.79 Å². The third-order valence-electron chi connectivity index (χ3n) is 3.63. The summed E-state index contributed by atoms with van der Waals surface area (Å²) in [6, 6.07) is 7.77. The van der Waals surface area contributed by atoms with Crippen LogP contribution in [0.5, 0.6) is 0 Å². The molecule has 0 radical (unpaired) electrons. The maximum Gasteiger partial charge on any atom is 0.325 e. The van der Waals surface area contributed by atoms with Crippen LogP contribution in [-0.4, -0.2) is 43.0 Å². The van der Waals surface area contributed by atoms with Gasteiger partial charge in [0.25, 0.3) is 0 Å². The van der Waals surface area contributed by atoms with Gasteiger partial charge in [0.05, 0.1) is 0 Å². The number of carbonyl (C=O) groups excluding carboxylic acids is 2. The lowest BCUT2D eigenvalue weighted by molar-refractivity contribution is -0.121. The molecule has 0 unspecified atom stereocenters. The number of unbranched alkanes of at least 4 members (excludes halogenated alkanes) is 1. The number of hydrogen-bond donors (Lipinski definition) is 1. The first-order chi connectivity index (χ1) is 10.1. The van der Waals surface area contributed by atoms with Crippen molar-refractivity contribution in [2.75, 3.05) is 31.1 Å². The maximum atomic E-state index is 12.3. The number of anilines is 1. The van der Waals surface area contributed by atoms with E-state index in [1.54, 1.807) is 9.80 Å². The van der Waals surface area contributed by atoms with Gasteiger partial charge < -0.3 is 10.2 Å². The molecule has 0 bridgehead atoms. The number of amides is 3. The Morgan fingerprint density at radius 1 is 1.24 bits per heavy atom. The van der Waals surface area contributed by atoms with Gasteiger partial charge in [0.15, 0.2) is 0 Å². The second-order valence-electron chi connectivity index (χ2n) is 5.39. The SMILES string of the molecule is CCCCNC(=O)CN1CCN(c2ccc(C)cc2)C1=O. The minimum Gasteiger partial charge on any atom is -0.355 e. The lowest BCUT2D eigenvalue weighted by atomic mass is 10.2. The van der Waals surface area contributed by atoms with E-state index in [-0.39, 0.29) is 18.5 Å². The summed E-state index contributed by atoms with van der Waals surface area (Å²) in [6.07, 6.45) is 2.01. The van der Waals surface area contributed by atoms with Crippen molar-refractivity contribution in [1.29, 1.82) is 0 Å². The molecule has 0 atom stereocenters. The van der Waals surface area contributed by atoms with Crippen LogP contribution in [0, 0.1) is 6.92 Å². The van der Waals surface area contributed by atoms with Crippen LogP contribution in [0.4, 0.5) is 10.5 Å². The van der Waals surface area contributed by atoms with Crippen LogP contribution in [0.2, 0.25) is 0 Å². The zero-order valence-electron chi connectivity index (χ0n) is 12.8. The van der Waals surface area contributed by atoms with Gasteiger partial charge in [0.1, 0.15) is 6.54 Å². The quantitative estimate of drug-likeness (QED) is 0.816. The van der Waals surface area contributed by atoms with Gasteiger partial charge in [-0.05, 0) is 25.5 Å². The Labute approximate surface area is 125 Å². The summed E-state index contributed by atoms with van der Waals surface area (Å²) in [6.45, 7) is 6.14.